The molecule has 0 saturated carbocycles. The lowest BCUT2D eigenvalue weighted by molar-refractivity contribution is 1.03. The molecule has 0 aliphatic carbocycles. The fourth-order valence-electron chi connectivity index (χ4n) is 0.405. The zero-order chi connectivity index (χ0) is 6.85. The van der Waals surface area contributed by atoms with Crippen LogP contribution in [0.25, 0.3) is 0 Å². The Morgan fingerprint density at radius 2 is 2.44 bits per heavy atom. The molecule has 0 atom stereocenters. The van der Waals surface area contributed by atoms with Crippen LogP contribution in [-0.2, 0) is 12.8 Å². The second-order valence-electron chi connectivity index (χ2n) is 1.46. The van der Waals surface area contributed by atoms with E-state index in [1.54, 1.807) is 0 Å². The van der Waals surface area contributed by atoms with Crippen LogP contribution in [0.2, 0.25) is 0 Å². The van der Waals surface area contributed by atoms with E-state index in [1.807, 2.05) is 0 Å². The van der Waals surface area contributed by atoms with Gasteiger partial charge in [-0.1, -0.05) is 0 Å². The minimum Gasteiger partial charge on any atom is -0.683 e. The van der Waals surface area contributed by atoms with Gasteiger partial charge in [-0.2, -0.15) is 4.98 Å². The van der Waals surface area contributed by atoms with Crippen molar-refractivity contribution in [1.82, 2.24) is 8.96 Å². The van der Waals surface area contributed by atoms with E-state index in [2.05, 4.69) is 17.8 Å². The smallest absolute Gasteiger partial charge is 0.330 e. The van der Waals surface area contributed by atoms with Crippen LogP contribution in [0.1, 0.15) is 0 Å². The molecule has 9 heavy (non-hydrogen) atoms. The summed E-state index contributed by atoms with van der Waals surface area (Å²) in [6, 6.07) is 1.47. The third kappa shape index (κ3) is 1.17. The first kappa shape index (κ1) is 6.03. The van der Waals surface area contributed by atoms with Gasteiger partial charge in [0.1, 0.15) is 5.82 Å². The van der Waals surface area contributed by atoms with Crippen molar-refractivity contribution in [3.63, 3.8) is 0 Å². The first-order valence-electron chi connectivity index (χ1n) is 2.23. The molecule has 4 nitrogen and oxygen atoms in total. The van der Waals surface area contributed by atoms with Crippen molar-refractivity contribution in [1.29, 1.82) is 0 Å². The Labute approximate surface area is 56.9 Å². The van der Waals surface area contributed by atoms with Crippen LogP contribution in [0.5, 0.6) is 0 Å². The Kier molecular flexibility index (Phi) is 1.35. The fraction of sp³-hybridized carbons (Fsp3) is 0. The Bertz CT molecular complexity index is 269. The van der Waals surface area contributed by atoms with Crippen LogP contribution in [-0.4, -0.2) is 8.96 Å². The second-order valence-corrected chi connectivity index (χ2v) is 1.85. The molecule has 1 aromatic rings. The number of aromatic nitrogens is 2. The summed E-state index contributed by atoms with van der Waals surface area (Å²) in [4.78, 5) is 13.9. The molecule has 1 rings (SSSR count). The highest BCUT2D eigenvalue weighted by atomic mass is 32.1. The topological polar surface area (TPSA) is 60.9 Å². The Balaban J connectivity index is 3.34. The van der Waals surface area contributed by atoms with Crippen LogP contribution in [0.3, 0.4) is 0 Å². The molecule has 0 spiro atoms. The third-order valence-electron chi connectivity index (χ3n) is 0.794. The summed E-state index contributed by atoms with van der Waals surface area (Å²) in [6.45, 7) is 0. The summed E-state index contributed by atoms with van der Waals surface area (Å²) >= 11 is 4.50. The van der Waals surface area contributed by atoms with E-state index < -0.39 is 5.69 Å². The number of nitrogen functional groups attached to an aromatic ring is 1. The molecule has 0 amide bonds. The highest BCUT2D eigenvalue weighted by Gasteiger charge is 1.84. The van der Waals surface area contributed by atoms with Crippen molar-refractivity contribution in [3.05, 3.63) is 22.7 Å². The van der Waals surface area contributed by atoms with E-state index in [9.17, 15) is 4.79 Å². The standard InChI is InChI=1S/C4H4N3OS/c5-3-1-2-7(9)4(8)6-3/h1-2H,(H2,5,6,8)/q-1. The van der Waals surface area contributed by atoms with Crippen LogP contribution < -0.4 is 11.4 Å². The maximum atomic E-state index is 10.5. The first-order chi connectivity index (χ1) is 4.20. The highest BCUT2D eigenvalue weighted by Crippen LogP contribution is 1.85. The average molecular weight is 142 g/mol. The summed E-state index contributed by atoms with van der Waals surface area (Å²) in [5, 5.41) is 0. The zero-order valence-corrected chi connectivity index (χ0v) is 5.26. The zero-order valence-electron chi connectivity index (χ0n) is 4.44. The molecule has 0 aliphatic rings. The molecule has 48 valence electrons. The molecule has 0 fully saturated rings. The fourth-order valence-corrected chi connectivity index (χ4v) is 0.506. The van der Waals surface area contributed by atoms with E-state index >= 15 is 0 Å². The summed E-state index contributed by atoms with van der Waals surface area (Å²) in [7, 11) is 0. The largest absolute Gasteiger partial charge is 0.683 e. The van der Waals surface area contributed by atoms with Gasteiger partial charge in [-0.15, -0.1) is 0 Å². The van der Waals surface area contributed by atoms with Gasteiger partial charge in [0.05, 0.1) is 0 Å². The van der Waals surface area contributed by atoms with Gasteiger partial charge in [-0.05, 0) is 12.3 Å². The van der Waals surface area contributed by atoms with Gasteiger partial charge in [0.25, 0.3) is 0 Å². The van der Waals surface area contributed by atoms with E-state index in [4.69, 9.17) is 5.73 Å². The molecule has 1 heterocycles. The Hall–Kier alpha value is -1.10. The van der Waals surface area contributed by atoms with Gasteiger partial charge in [0.2, 0.25) is 0 Å². The van der Waals surface area contributed by atoms with E-state index in [0.717, 1.165) is 3.97 Å². The molecular formula is C4H4N3OS-. The number of nitrogens with two attached hydrogens (primary N) is 1. The summed E-state index contributed by atoms with van der Waals surface area (Å²) < 4.78 is 0.941. The maximum absolute atomic E-state index is 10.5. The van der Waals surface area contributed by atoms with Crippen LogP contribution in [0, 0.1) is 0 Å². The molecule has 2 N–H and O–H groups in total. The molecular weight excluding hydrogens is 138 g/mol. The minimum absolute atomic E-state index is 0.195. The number of nitrogens with zero attached hydrogens (tertiary/aromatic N) is 2. The molecule has 1 aromatic heterocycles. The average Bonchev–Trinajstić information content (AvgIpc) is 1.80. The normalized spacial score (nSPS) is 9.33. The molecule has 0 unspecified atom stereocenters. The number of hydrogen-bond acceptors (Lipinski definition) is 4. The van der Waals surface area contributed by atoms with Crippen LogP contribution in [0.15, 0.2) is 17.1 Å². The Morgan fingerprint density at radius 3 is 2.89 bits per heavy atom. The van der Waals surface area contributed by atoms with Gasteiger partial charge in [-0.3, -0.25) is 0 Å². The van der Waals surface area contributed by atoms with Crippen molar-refractivity contribution in [2.24, 2.45) is 0 Å². The van der Waals surface area contributed by atoms with Crippen molar-refractivity contribution < 1.29 is 0 Å². The van der Waals surface area contributed by atoms with Crippen LogP contribution in [0.4, 0.5) is 5.82 Å². The molecule has 0 radical (unpaired) electrons. The van der Waals surface area contributed by atoms with Gasteiger partial charge in [-0.25, -0.2) is 4.79 Å². The quantitative estimate of drug-likeness (QED) is 0.478. The lowest BCUT2D eigenvalue weighted by Gasteiger charge is -2.05. The second kappa shape index (κ2) is 2.02. The van der Waals surface area contributed by atoms with Gasteiger partial charge >= 0.3 is 5.69 Å². The predicted octanol–water partition coefficient (Wildman–Crippen LogP) is -0.865. The molecule has 0 aliphatic heterocycles. The highest BCUT2D eigenvalue weighted by molar-refractivity contribution is 7.56. The summed E-state index contributed by atoms with van der Waals surface area (Å²) in [5.41, 5.74) is 4.65. The first-order valence-corrected chi connectivity index (χ1v) is 2.59. The lowest BCUT2D eigenvalue weighted by Crippen LogP contribution is -2.18. The predicted molar refractivity (Wildman–Crippen MR) is 35.7 cm³/mol. The molecule has 0 saturated heterocycles. The number of rotatable bonds is 0. The van der Waals surface area contributed by atoms with Crippen molar-refractivity contribution in [2.75, 3.05) is 5.73 Å². The molecule has 5 heteroatoms. The minimum atomic E-state index is -0.509. The van der Waals surface area contributed by atoms with Crippen molar-refractivity contribution in [3.8, 4) is 0 Å². The SMILES string of the molecule is Nc1ccn([S-])c(=O)n1. The lowest BCUT2D eigenvalue weighted by atomic mass is 10.6. The van der Waals surface area contributed by atoms with Gasteiger partial charge < -0.3 is 22.5 Å². The number of hydrogen-bond donors (Lipinski definition) is 1. The maximum Gasteiger partial charge on any atom is 0.330 e. The van der Waals surface area contributed by atoms with E-state index in [1.165, 1.54) is 12.3 Å². The number of anilines is 1. The Morgan fingerprint density at radius 1 is 1.78 bits per heavy atom. The van der Waals surface area contributed by atoms with Crippen molar-refractivity contribution >= 4 is 18.6 Å². The van der Waals surface area contributed by atoms with E-state index in [0.29, 0.717) is 0 Å². The van der Waals surface area contributed by atoms with Gasteiger partial charge in [0, 0.05) is 0 Å². The van der Waals surface area contributed by atoms with Gasteiger partial charge in [0.15, 0.2) is 0 Å². The summed E-state index contributed by atoms with van der Waals surface area (Å²) in [5.74, 6) is 0.195. The van der Waals surface area contributed by atoms with E-state index in [-0.39, 0.29) is 5.82 Å². The molecule has 0 bridgehead atoms. The van der Waals surface area contributed by atoms with Crippen LogP contribution >= 0.6 is 0 Å². The summed E-state index contributed by atoms with van der Waals surface area (Å²) in [6.07, 6.45) is 1.39. The van der Waals surface area contributed by atoms with Crippen molar-refractivity contribution in [2.45, 2.75) is 0 Å². The molecule has 0 aromatic carbocycles. The third-order valence-corrected chi connectivity index (χ3v) is 1.07. The monoisotopic (exact) mass is 142 g/mol.